The Morgan fingerprint density at radius 2 is 2.26 bits per heavy atom. The van der Waals surface area contributed by atoms with Crippen molar-refractivity contribution in [1.82, 2.24) is 14.9 Å². The van der Waals surface area contributed by atoms with E-state index in [9.17, 15) is 9.59 Å². The minimum absolute atomic E-state index is 0.228. The Labute approximate surface area is 111 Å². The number of hydrogen-bond donors (Lipinski definition) is 3. The van der Waals surface area contributed by atoms with E-state index in [4.69, 9.17) is 10.8 Å². The largest absolute Gasteiger partial charge is 0.480 e. The lowest BCUT2D eigenvalue weighted by Crippen LogP contribution is -2.41. The Morgan fingerprint density at radius 3 is 2.68 bits per heavy atom. The lowest BCUT2D eigenvalue weighted by atomic mass is 10.0. The third kappa shape index (κ3) is 4.70. The van der Waals surface area contributed by atoms with Crippen LogP contribution in [-0.4, -0.2) is 45.6 Å². The van der Waals surface area contributed by atoms with Crippen LogP contribution < -0.4 is 11.4 Å². The first-order valence-corrected chi connectivity index (χ1v) is 6.16. The predicted molar refractivity (Wildman–Crippen MR) is 71.9 cm³/mol. The van der Waals surface area contributed by atoms with Crippen LogP contribution in [0.2, 0.25) is 0 Å². The van der Waals surface area contributed by atoms with Gasteiger partial charge in [-0.15, -0.1) is 0 Å². The first-order valence-electron chi connectivity index (χ1n) is 6.16. The average molecular weight is 268 g/mol. The number of aromatic amines is 1. The molecule has 4 N–H and O–H groups in total. The van der Waals surface area contributed by atoms with Gasteiger partial charge in [-0.1, -0.05) is 6.42 Å². The van der Waals surface area contributed by atoms with Crippen molar-refractivity contribution in [2.75, 3.05) is 19.3 Å². The zero-order valence-corrected chi connectivity index (χ0v) is 11.2. The highest BCUT2D eigenvalue weighted by atomic mass is 16.4. The molecular weight excluding hydrogens is 248 g/mol. The van der Waals surface area contributed by atoms with Crippen molar-refractivity contribution in [3.63, 3.8) is 0 Å². The molecule has 0 bridgehead atoms. The molecule has 1 aliphatic heterocycles. The van der Waals surface area contributed by atoms with Crippen molar-refractivity contribution in [2.24, 2.45) is 0 Å². The van der Waals surface area contributed by atoms with Crippen molar-refractivity contribution in [3.05, 3.63) is 22.2 Å². The number of nitrogens with two attached hydrogens (primary N) is 1. The minimum atomic E-state index is -0.679. The number of aryl methyl sites for hydroxylation is 1. The molecule has 106 valence electrons. The summed E-state index contributed by atoms with van der Waals surface area (Å²) in [5, 5.41) is 8.67. The van der Waals surface area contributed by atoms with Crippen molar-refractivity contribution in [2.45, 2.75) is 32.2 Å². The molecule has 0 radical (unpaired) electrons. The molecule has 0 aliphatic carbocycles. The number of nitrogens with zero attached hydrogens (tertiary/aromatic N) is 2. The average Bonchev–Trinajstić information content (AvgIpc) is 2.35. The Bertz CT molecular complexity index is 486. The van der Waals surface area contributed by atoms with E-state index in [1.54, 1.807) is 6.92 Å². The van der Waals surface area contributed by atoms with Gasteiger partial charge in [0.2, 0.25) is 0 Å². The molecule has 7 nitrogen and oxygen atoms in total. The van der Waals surface area contributed by atoms with Gasteiger partial charge in [0, 0.05) is 11.8 Å². The fraction of sp³-hybridized carbons (Fsp3) is 0.583. The zero-order valence-electron chi connectivity index (χ0n) is 11.2. The van der Waals surface area contributed by atoms with E-state index in [0.717, 1.165) is 31.4 Å². The third-order valence-corrected chi connectivity index (χ3v) is 3.09. The molecule has 1 aromatic rings. The van der Waals surface area contributed by atoms with Crippen LogP contribution in [0.1, 0.15) is 24.8 Å². The number of nitrogens with one attached hydrogen (secondary N) is 1. The number of rotatable bonds is 1. The standard InChI is InChI=1S/C7H13NO2.C5H7N3O/c1-8-5-3-2-4-6(8)7(9)10;1-3-2-7-5(9)8-4(3)6/h6H,2-5H2,1H3,(H,9,10);2H,1H3,(H3,6,7,8,9). The van der Waals surface area contributed by atoms with Gasteiger partial charge in [0.15, 0.2) is 0 Å². The molecule has 19 heavy (non-hydrogen) atoms. The van der Waals surface area contributed by atoms with E-state index in [0.29, 0.717) is 5.82 Å². The van der Waals surface area contributed by atoms with Crippen molar-refractivity contribution in [1.29, 1.82) is 0 Å². The molecule has 2 heterocycles. The van der Waals surface area contributed by atoms with Crippen LogP contribution in [0.5, 0.6) is 0 Å². The van der Waals surface area contributed by atoms with Crippen LogP contribution >= 0.6 is 0 Å². The number of aliphatic carboxylic acids is 1. The molecule has 1 fully saturated rings. The van der Waals surface area contributed by atoms with E-state index < -0.39 is 11.7 Å². The number of hydrogen-bond acceptors (Lipinski definition) is 5. The summed E-state index contributed by atoms with van der Waals surface area (Å²) in [6.07, 6.45) is 4.54. The Morgan fingerprint density at radius 1 is 1.58 bits per heavy atom. The quantitative estimate of drug-likeness (QED) is 0.671. The fourth-order valence-corrected chi connectivity index (χ4v) is 1.86. The number of carboxylic acids is 1. The second-order valence-corrected chi connectivity index (χ2v) is 4.60. The van der Waals surface area contributed by atoms with E-state index in [1.807, 2.05) is 11.9 Å². The molecule has 1 atom stereocenters. The fourth-order valence-electron chi connectivity index (χ4n) is 1.86. The molecule has 7 heteroatoms. The molecule has 2 rings (SSSR count). The molecule has 0 amide bonds. The SMILES string of the molecule is CN1CCCCC1C(=O)O.Cc1c[nH]c(=O)nc1N. The third-order valence-electron chi connectivity index (χ3n) is 3.09. The van der Waals surface area contributed by atoms with Crippen LogP contribution in [0, 0.1) is 6.92 Å². The lowest BCUT2D eigenvalue weighted by Gasteiger charge is -2.28. The van der Waals surface area contributed by atoms with E-state index in [2.05, 4.69) is 9.97 Å². The van der Waals surface area contributed by atoms with Crippen molar-refractivity contribution in [3.8, 4) is 0 Å². The minimum Gasteiger partial charge on any atom is -0.480 e. The van der Waals surface area contributed by atoms with E-state index in [1.165, 1.54) is 6.20 Å². The maximum Gasteiger partial charge on any atom is 0.346 e. The first kappa shape index (κ1) is 15.2. The van der Waals surface area contributed by atoms with Crippen molar-refractivity contribution >= 4 is 11.8 Å². The molecule has 1 unspecified atom stereocenters. The predicted octanol–water partition coefficient (Wildman–Crippen LogP) is 0.216. The molecule has 0 spiro atoms. The van der Waals surface area contributed by atoms with Gasteiger partial charge in [-0.05, 0) is 33.4 Å². The van der Waals surface area contributed by atoms with Crippen LogP contribution in [0.25, 0.3) is 0 Å². The second-order valence-electron chi connectivity index (χ2n) is 4.60. The van der Waals surface area contributed by atoms with Gasteiger partial charge in [0.25, 0.3) is 0 Å². The summed E-state index contributed by atoms with van der Waals surface area (Å²) in [6.45, 7) is 2.70. The maximum atomic E-state index is 10.5. The molecule has 1 aromatic heterocycles. The van der Waals surface area contributed by atoms with Gasteiger partial charge in [0.1, 0.15) is 11.9 Å². The summed E-state index contributed by atoms with van der Waals surface area (Å²) in [5.74, 6) is -0.388. The number of carbonyl (C=O) groups is 1. The van der Waals surface area contributed by atoms with Gasteiger partial charge in [0.05, 0.1) is 0 Å². The highest BCUT2D eigenvalue weighted by molar-refractivity contribution is 5.73. The normalized spacial score (nSPS) is 19.4. The number of H-pyrrole nitrogens is 1. The van der Waals surface area contributed by atoms with Crippen LogP contribution in [-0.2, 0) is 4.79 Å². The molecule has 0 aromatic carbocycles. The number of likely N-dealkylation sites (tertiary alicyclic amines) is 1. The number of piperidine rings is 1. The summed E-state index contributed by atoms with van der Waals surface area (Å²) >= 11 is 0. The van der Waals surface area contributed by atoms with Gasteiger partial charge in [-0.2, -0.15) is 4.98 Å². The number of aromatic nitrogens is 2. The summed E-state index contributed by atoms with van der Waals surface area (Å²) in [5.41, 5.74) is 5.67. The Balaban J connectivity index is 0.000000191. The number of carboxylic acid groups (broad SMARTS) is 1. The number of nitrogen functional groups attached to an aromatic ring is 1. The maximum absolute atomic E-state index is 10.5. The molecule has 1 aliphatic rings. The number of likely N-dealkylation sites (N-methyl/N-ethyl adjacent to an activating group) is 1. The lowest BCUT2D eigenvalue weighted by molar-refractivity contribution is -0.143. The highest BCUT2D eigenvalue weighted by Gasteiger charge is 2.24. The summed E-state index contributed by atoms with van der Waals surface area (Å²) in [4.78, 5) is 28.7. The monoisotopic (exact) mass is 268 g/mol. The highest BCUT2D eigenvalue weighted by Crippen LogP contribution is 2.14. The van der Waals surface area contributed by atoms with Crippen LogP contribution in [0.3, 0.4) is 0 Å². The van der Waals surface area contributed by atoms with Crippen molar-refractivity contribution < 1.29 is 9.90 Å². The Hall–Kier alpha value is -1.89. The first-order chi connectivity index (χ1) is 8.91. The topological polar surface area (TPSA) is 112 Å². The summed E-state index contributed by atoms with van der Waals surface area (Å²) in [6, 6.07) is -0.228. The van der Waals surface area contributed by atoms with Crippen LogP contribution in [0.4, 0.5) is 5.82 Å². The summed E-state index contributed by atoms with van der Waals surface area (Å²) in [7, 11) is 1.87. The van der Waals surface area contributed by atoms with E-state index >= 15 is 0 Å². The van der Waals surface area contributed by atoms with Crippen LogP contribution in [0.15, 0.2) is 11.0 Å². The van der Waals surface area contributed by atoms with Gasteiger partial charge >= 0.3 is 11.7 Å². The van der Waals surface area contributed by atoms with Gasteiger partial charge in [-0.3, -0.25) is 9.69 Å². The number of anilines is 1. The van der Waals surface area contributed by atoms with Gasteiger partial charge in [-0.25, -0.2) is 4.79 Å². The summed E-state index contributed by atoms with van der Waals surface area (Å²) < 4.78 is 0. The molecule has 1 saturated heterocycles. The zero-order chi connectivity index (χ0) is 14.4. The smallest absolute Gasteiger partial charge is 0.346 e. The van der Waals surface area contributed by atoms with E-state index in [-0.39, 0.29) is 6.04 Å². The van der Waals surface area contributed by atoms with Gasteiger partial charge < -0.3 is 15.8 Å². The molecule has 0 saturated carbocycles. The second kappa shape index (κ2) is 6.89. The molecular formula is C12H20N4O3. The Kier molecular flexibility index (Phi) is 5.50.